The lowest BCUT2D eigenvalue weighted by atomic mass is 10.0. The molecular formula is C15H15N3O. The molecule has 3 rings (SSSR count). The van der Waals surface area contributed by atoms with Crippen LogP contribution >= 0.6 is 0 Å². The molecule has 1 unspecified atom stereocenters. The van der Waals surface area contributed by atoms with Gasteiger partial charge in [-0.2, -0.15) is 5.10 Å². The molecule has 4 nitrogen and oxygen atoms in total. The summed E-state index contributed by atoms with van der Waals surface area (Å²) in [5.74, 6) is 0. The van der Waals surface area contributed by atoms with Gasteiger partial charge in [-0.25, -0.2) is 0 Å². The summed E-state index contributed by atoms with van der Waals surface area (Å²) in [6.45, 7) is 0. The highest BCUT2D eigenvalue weighted by Gasteiger charge is 2.13. The van der Waals surface area contributed by atoms with Gasteiger partial charge in [0.05, 0.1) is 11.8 Å². The predicted molar refractivity (Wildman–Crippen MR) is 73.6 cm³/mol. The monoisotopic (exact) mass is 253 g/mol. The largest absolute Gasteiger partial charge is 0.388 e. The third-order valence-corrected chi connectivity index (χ3v) is 3.23. The van der Waals surface area contributed by atoms with Gasteiger partial charge in [0.1, 0.15) is 0 Å². The number of hydrogen-bond acceptors (Lipinski definition) is 3. The van der Waals surface area contributed by atoms with Crippen molar-refractivity contribution in [2.45, 2.75) is 12.5 Å². The van der Waals surface area contributed by atoms with Gasteiger partial charge in [0, 0.05) is 43.0 Å². The highest BCUT2D eigenvalue weighted by molar-refractivity contribution is 5.84. The van der Waals surface area contributed by atoms with Crippen LogP contribution in [0.2, 0.25) is 0 Å². The fourth-order valence-electron chi connectivity index (χ4n) is 2.29. The molecule has 3 aromatic rings. The van der Waals surface area contributed by atoms with E-state index in [9.17, 15) is 5.11 Å². The van der Waals surface area contributed by atoms with Crippen LogP contribution in [-0.2, 0) is 13.5 Å². The summed E-state index contributed by atoms with van der Waals surface area (Å²) in [4.78, 5) is 4.20. The first-order valence-corrected chi connectivity index (χ1v) is 6.23. The number of nitrogens with zero attached hydrogens (tertiary/aromatic N) is 3. The lowest BCUT2D eigenvalue weighted by Gasteiger charge is -2.12. The van der Waals surface area contributed by atoms with Crippen LogP contribution < -0.4 is 0 Å². The summed E-state index contributed by atoms with van der Waals surface area (Å²) < 4.78 is 1.74. The van der Waals surface area contributed by atoms with Gasteiger partial charge in [-0.05, 0) is 11.5 Å². The maximum atomic E-state index is 10.4. The Morgan fingerprint density at radius 1 is 1.21 bits per heavy atom. The SMILES string of the molecule is Cn1ccc(CC(O)c2cncc3ccccc23)n1. The van der Waals surface area contributed by atoms with E-state index in [1.54, 1.807) is 10.9 Å². The molecule has 0 saturated heterocycles. The van der Waals surface area contributed by atoms with E-state index in [1.807, 2.05) is 49.8 Å². The van der Waals surface area contributed by atoms with Crippen molar-refractivity contribution in [1.29, 1.82) is 0 Å². The Morgan fingerprint density at radius 2 is 2.05 bits per heavy atom. The van der Waals surface area contributed by atoms with Crippen molar-refractivity contribution in [2.24, 2.45) is 7.05 Å². The van der Waals surface area contributed by atoms with Crippen LogP contribution in [0.5, 0.6) is 0 Å². The molecule has 0 amide bonds. The average Bonchev–Trinajstić information content (AvgIpc) is 2.83. The number of benzene rings is 1. The minimum atomic E-state index is -0.589. The smallest absolute Gasteiger partial charge is 0.0867 e. The Bertz CT molecular complexity index is 700. The lowest BCUT2D eigenvalue weighted by Crippen LogP contribution is -2.04. The molecule has 0 aliphatic rings. The molecule has 0 fully saturated rings. The van der Waals surface area contributed by atoms with Crippen LogP contribution in [0.1, 0.15) is 17.4 Å². The molecular weight excluding hydrogens is 238 g/mol. The van der Waals surface area contributed by atoms with E-state index in [4.69, 9.17) is 0 Å². The molecule has 4 heteroatoms. The number of hydrogen-bond donors (Lipinski definition) is 1. The van der Waals surface area contributed by atoms with Crippen molar-refractivity contribution in [2.75, 3.05) is 0 Å². The molecule has 1 N–H and O–H groups in total. The summed E-state index contributed by atoms with van der Waals surface area (Å²) in [6, 6.07) is 9.87. The highest BCUT2D eigenvalue weighted by Crippen LogP contribution is 2.25. The van der Waals surface area contributed by atoms with Gasteiger partial charge in [-0.3, -0.25) is 9.67 Å². The van der Waals surface area contributed by atoms with Gasteiger partial charge in [-0.1, -0.05) is 24.3 Å². The topological polar surface area (TPSA) is 50.9 Å². The molecule has 0 aliphatic carbocycles. The number of aliphatic hydroxyl groups is 1. The zero-order valence-corrected chi connectivity index (χ0v) is 10.7. The van der Waals surface area contributed by atoms with Gasteiger partial charge in [0.2, 0.25) is 0 Å². The summed E-state index contributed by atoms with van der Waals surface area (Å²) in [5, 5.41) is 16.8. The van der Waals surface area contributed by atoms with E-state index >= 15 is 0 Å². The standard InChI is InChI=1S/C15H15N3O/c1-18-7-6-12(17-18)8-15(19)14-10-16-9-11-4-2-3-5-13(11)14/h2-7,9-10,15,19H,8H2,1H3. The van der Waals surface area contributed by atoms with Gasteiger partial charge >= 0.3 is 0 Å². The van der Waals surface area contributed by atoms with Crippen LogP contribution in [0.4, 0.5) is 0 Å². The van der Waals surface area contributed by atoms with E-state index in [2.05, 4.69) is 10.1 Å². The molecule has 1 atom stereocenters. The van der Waals surface area contributed by atoms with Gasteiger partial charge < -0.3 is 5.11 Å². The van der Waals surface area contributed by atoms with Crippen molar-refractivity contribution in [3.63, 3.8) is 0 Å². The van der Waals surface area contributed by atoms with Crippen LogP contribution in [0.25, 0.3) is 10.8 Å². The summed E-state index contributed by atoms with van der Waals surface area (Å²) in [5.41, 5.74) is 1.73. The Morgan fingerprint density at radius 3 is 2.84 bits per heavy atom. The molecule has 2 aromatic heterocycles. The molecule has 0 radical (unpaired) electrons. The van der Waals surface area contributed by atoms with E-state index in [1.165, 1.54) is 0 Å². The first-order chi connectivity index (χ1) is 9.24. The molecule has 0 bridgehead atoms. The normalized spacial score (nSPS) is 12.7. The first kappa shape index (κ1) is 11.9. The number of aromatic nitrogens is 3. The Kier molecular flexibility index (Phi) is 3.01. The molecule has 96 valence electrons. The predicted octanol–water partition coefficient (Wildman–Crippen LogP) is 2.24. The number of aryl methyl sites for hydroxylation is 1. The molecule has 0 saturated carbocycles. The third kappa shape index (κ3) is 2.35. The molecule has 19 heavy (non-hydrogen) atoms. The second kappa shape index (κ2) is 4.82. The van der Waals surface area contributed by atoms with Crippen molar-refractivity contribution >= 4 is 10.8 Å². The third-order valence-electron chi connectivity index (χ3n) is 3.23. The van der Waals surface area contributed by atoms with E-state index in [0.717, 1.165) is 22.0 Å². The lowest BCUT2D eigenvalue weighted by molar-refractivity contribution is 0.178. The summed E-state index contributed by atoms with van der Waals surface area (Å²) >= 11 is 0. The summed E-state index contributed by atoms with van der Waals surface area (Å²) in [7, 11) is 1.87. The molecule has 2 heterocycles. The number of pyridine rings is 1. The van der Waals surface area contributed by atoms with E-state index < -0.39 is 6.10 Å². The second-order valence-electron chi connectivity index (χ2n) is 4.65. The fourth-order valence-corrected chi connectivity index (χ4v) is 2.29. The highest BCUT2D eigenvalue weighted by atomic mass is 16.3. The average molecular weight is 253 g/mol. The number of aliphatic hydroxyl groups excluding tert-OH is 1. The van der Waals surface area contributed by atoms with Crippen LogP contribution in [0, 0.1) is 0 Å². The maximum absolute atomic E-state index is 10.4. The number of rotatable bonds is 3. The van der Waals surface area contributed by atoms with Crippen molar-refractivity contribution in [1.82, 2.24) is 14.8 Å². The van der Waals surface area contributed by atoms with Crippen molar-refractivity contribution < 1.29 is 5.11 Å². The zero-order valence-electron chi connectivity index (χ0n) is 10.7. The van der Waals surface area contributed by atoms with Gasteiger partial charge in [0.15, 0.2) is 0 Å². The molecule has 0 aliphatic heterocycles. The minimum Gasteiger partial charge on any atom is -0.388 e. The minimum absolute atomic E-state index is 0.497. The fraction of sp³-hybridized carbons (Fsp3) is 0.200. The van der Waals surface area contributed by atoms with Gasteiger partial charge in [0.25, 0.3) is 0 Å². The maximum Gasteiger partial charge on any atom is 0.0867 e. The molecule has 1 aromatic carbocycles. The zero-order chi connectivity index (χ0) is 13.2. The van der Waals surface area contributed by atoms with Crippen LogP contribution in [0.3, 0.4) is 0 Å². The second-order valence-corrected chi connectivity index (χ2v) is 4.65. The quantitative estimate of drug-likeness (QED) is 0.779. The van der Waals surface area contributed by atoms with Crippen LogP contribution in [-0.4, -0.2) is 19.9 Å². The van der Waals surface area contributed by atoms with Crippen molar-refractivity contribution in [3.8, 4) is 0 Å². The van der Waals surface area contributed by atoms with Crippen LogP contribution in [0.15, 0.2) is 48.9 Å². The van der Waals surface area contributed by atoms with E-state index in [0.29, 0.717) is 6.42 Å². The van der Waals surface area contributed by atoms with E-state index in [-0.39, 0.29) is 0 Å². The Labute approximate surface area is 111 Å². The Balaban J connectivity index is 1.95. The number of fused-ring (bicyclic) bond motifs is 1. The first-order valence-electron chi connectivity index (χ1n) is 6.23. The van der Waals surface area contributed by atoms with Gasteiger partial charge in [-0.15, -0.1) is 0 Å². The summed E-state index contributed by atoms with van der Waals surface area (Å²) in [6.07, 6.45) is 5.33. The van der Waals surface area contributed by atoms with Crippen molar-refractivity contribution in [3.05, 3.63) is 60.2 Å². The Hall–Kier alpha value is -2.20. The molecule has 0 spiro atoms.